The number of halogens is 1. The zero-order valence-electron chi connectivity index (χ0n) is 16.9. The van der Waals surface area contributed by atoms with Crippen molar-refractivity contribution in [2.45, 2.75) is 26.1 Å². The molecule has 3 heterocycles. The van der Waals surface area contributed by atoms with Gasteiger partial charge in [-0.3, -0.25) is 9.88 Å². The van der Waals surface area contributed by atoms with Crippen molar-refractivity contribution in [1.82, 2.24) is 9.88 Å². The van der Waals surface area contributed by atoms with Crippen molar-refractivity contribution in [3.8, 4) is 11.1 Å². The Balaban J connectivity index is 1.40. The molecule has 1 aliphatic rings. The van der Waals surface area contributed by atoms with E-state index in [0.717, 1.165) is 40.2 Å². The van der Waals surface area contributed by atoms with Crippen LogP contribution < -0.4 is 5.32 Å². The molecule has 0 bridgehead atoms. The fourth-order valence-electron chi connectivity index (χ4n) is 4.16. The molecule has 0 aliphatic carbocycles. The molecule has 5 rings (SSSR count). The lowest BCUT2D eigenvalue weighted by Crippen LogP contribution is -2.20. The minimum absolute atomic E-state index is 0.534. The first kappa shape index (κ1) is 19.2. The third-order valence-corrected chi connectivity index (χ3v) is 6.70. The van der Waals surface area contributed by atoms with Crippen molar-refractivity contribution < 1.29 is 4.39 Å². The Morgan fingerprint density at radius 3 is 2.80 bits per heavy atom. The molecule has 3 nitrogen and oxygen atoms in total. The van der Waals surface area contributed by atoms with Gasteiger partial charge in [-0.2, -0.15) is 0 Å². The van der Waals surface area contributed by atoms with E-state index in [9.17, 15) is 4.39 Å². The van der Waals surface area contributed by atoms with E-state index >= 15 is 0 Å². The van der Waals surface area contributed by atoms with E-state index in [0.29, 0.717) is 13.0 Å². The van der Waals surface area contributed by atoms with Crippen LogP contribution >= 0.6 is 11.3 Å². The van der Waals surface area contributed by atoms with Gasteiger partial charge in [0.05, 0.1) is 10.4 Å². The SMILES string of the molecule is Cc1c(Nc2csc3cc(CN4CCC(F)C4)cnc23)cccc1-c1ccccc1. The first-order valence-corrected chi connectivity index (χ1v) is 11.2. The minimum Gasteiger partial charge on any atom is -0.353 e. The number of pyridine rings is 1. The zero-order chi connectivity index (χ0) is 20.5. The van der Waals surface area contributed by atoms with E-state index in [-0.39, 0.29) is 0 Å². The first-order valence-electron chi connectivity index (χ1n) is 10.3. The van der Waals surface area contributed by atoms with E-state index in [1.54, 1.807) is 11.3 Å². The van der Waals surface area contributed by atoms with Crippen LogP contribution in [0.2, 0.25) is 0 Å². The quantitative estimate of drug-likeness (QED) is 0.399. The molecular weight excluding hydrogens is 393 g/mol. The molecule has 0 amide bonds. The minimum atomic E-state index is -0.686. The average molecular weight is 418 g/mol. The lowest BCUT2D eigenvalue weighted by Gasteiger charge is -2.14. The summed E-state index contributed by atoms with van der Waals surface area (Å²) in [4.78, 5) is 6.90. The second-order valence-electron chi connectivity index (χ2n) is 7.93. The average Bonchev–Trinajstić information content (AvgIpc) is 3.36. The lowest BCUT2D eigenvalue weighted by molar-refractivity contribution is 0.282. The van der Waals surface area contributed by atoms with Crippen molar-refractivity contribution >= 4 is 32.9 Å². The van der Waals surface area contributed by atoms with Gasteiger partial charge >= 0.3 is 0 Å². The van der Waals surface area contributed by atoms with Crippen LogP contribution in [0.25, 0.3) is 21.3 Å². The van der Waals surface area contributed by atoms with Crippen molar-refractivity contribution in [2.75, 3.05) is 18.4 Å². The predicted molar refractivity (Wildman–Crippen MR) is 124 cm³/mol. The number of fused-ring (bicyclic) bond motifs is 1. The second-order valence-corrected chi connectivity index (χ2v) is 8.84. The number of aromatic nitrogens is 1. The molecule has 152 valence electrons. The number of likely N-dealkylation sites (tertiary alicyclic amines) is 1. The molecular formula is C25H24FN3S. The van der Waals surface area contributed by atoms with Gasteiger partial charge in [0, 0.05) is 36.9 Å². The van der Waals surface area contributed by atoms with Crippen LogP contribution in [0.1, 0.15) is 17.5 Å². The van der Waals surface area contributed by atoms with E-state index in [1.807, 2.05) is 12.3 Å². The third kappa shape index (κ3) is 3.83. The molecule has 1 atom stereocenters. The summed E-state index contributed by atoms with van der Waals surface area (Å²) in [7, 11) is 0. The molecule has 1 saturated heterocycles. The number of hydrogen-bond acceptors (Lipinski definition) is 4. The van der Waals surface area contributed by atoms with E-state index in [1.165, 1.54) is 16.7 Å². The molecule has 1 aliphatic heterocycles. The summed E-state index contributed by atoms with van der Waals surface area (Å²) in [6, 6.07) is 19.0. The molecule has 5 heteroatoms. The highest BCUT2D eigenvalue weighted by molar-refractivity contribution is 7.17. The van der Waals surface area contributed by atoms with Crippen LogP contribution in [0, 0.1) is 6.92 Å². The Morgan fingerprint density at radius 2 is 2.00 bits per heavy atom. The van der Waals surface area contributed by atoms with Crippen LogP contribution in [0.15, 0.2) is 66.2 Å². The highest BCUT2D eigenvalue weighted by Gasteiger charge is 2.22. The Labute approximate surface area is 180 Å². The van der Waals surface area contributed by atoms with E-state index in [2.05, 4.69) is 71.1 Å². The molecule has 4 aromatic rings. The van der Waals surface area contributed by atoms with Gasteiger partial charge in [0.25, 0.3) is 0 Å². The van der Waals surface area contributed by atoms with Gasteiger partial charge in [0.15, 0.2) is 0 Å². The van der Waals surface area contributed by atoms with Gasteiger partial charge in [-0.05, 0) is 47.7 Å². The summed E-state index contributed by atoms with van der Waals surface area (Å²) in [5.41, 5.74) is 7.91. The number of thiophene rings is 1. The van der Waals surface area contributed by atoms with Crippen LogP contribution in [-0.2, 0) is 6.54 Å². The van der Waals surface area contributed by atoms with E-state index in [4.69, 9.17) is 4.98 Å². The van der Waals surface area contributed by atoms with Gasteiger partial charge in [-0.25, -0.2) is 4.39 Å². The summed E-state index contributed by atoms with van der Waals surface area (Å²) < 4.78 is 14.6. The van der Waals surface area contributed by atoms with Gasteiger partial charge in [0.2, 0.25) is 0 Å². The number of hydrogen-bond donors (Lipinski definition) is 1. The van der Waals surface area contributed by atoms with E-state index < -0.39 is 6.17 Å². The molecule has 0 radical (unpaired) electrons. The first-order chi connectivity index (χ1) is 14.7. The summed E-state index contributed by atoms with van der Waals surface area (Å²) in [5.74, 6) is 0. The van der Waals surface area contributed by atoms with Crippen molar-refractivity contribution in [2.24, 2.45) is 0 Å². The maximum atomic E-state index is 13.4. The topological polar surface area (TPSA) is 28.2 Å². The number of nitrogens with one attached hydrogen (secondary N) is 1. The number of nitrogens with zero attached hydrogens (tertiary/aromatic N) is 2. The smallest absolute Gasteiger partial charge is 0.114 e. The molecule has 0 saturated carbocycles. The lowest BCUT2D eigenvalue weighted by atomic mass is 9.99. The van der Waals surface area contributed by atoms with Crippen LogP contribution in [0.3, 0.4) is 0 Å². The number of alkyl halides is 1. The molecule has 1 fully saturated rings. The van der Waals surface area contributed by atoms with Crippen molar-refractivity contribution in [3.05, 3.63) is 77.3 Å². The summed E-state index contributed by atoms with van der Waals surface area (Å²) in [6.45, 7) is 4.28. The number of benzene rings is 2. The van der Waals surface area contributed by atoms with Crippen LogP contribution in [0.4, 0.5) is 15.8 Å². The van der Waals surface area contributed by atoms with Gasteiger partial charge in [-0.15, -0.1) is 11.3 Å². The standard InChI is InChI=1S/C25H24FN3S/c1-17-21(19-6-3-2-4-7-19)8-5-9-22(17)28-23-16-30-24-12-18(13-27-25(23)24)14-29-11-10-20(26)15-29/h2-9,12-13,16,20,28H,10-11,14-15H2,1H3. The third-order valence-electron chi connectivity index (χ3n) is 5.78. The molecule has 0 spiro atoms. The maximum Gasteiger partial charge on any atom is 0.114 e. The number of rotatable bonds is 5. The monoisotopic (exact) mass is 417 g/mol. The summed E-state index contributed by atoms with van der Waals surface area (Å²) >= 11 is 1.69. The molecule has 2 aromatic carbocycles. The Kier molecular flexibility index (Phi) is 5.23. The Bertz CT molecular complexity index is 1170. The molecule has 2 aromatic heterocycles. The Morgan fingerprint density at radius 1 is 1.13 bits per heavy atom. The van der Waals surface area contributed by atoms with Crippen LogP contribution in [0.5, 0.6) is 0 Å². The molecule has 1 N–H and O–H groups in total. The summed E-state index contributed by atoms with van der Waals surface area (Å²) in [5, 5.41) is 5.72. The van der Waals surface area contributed by atoms with Crippen molar-refractivity contribution in [1.29, 1.82) is 0 Å². The Hall–Kier alpha value is -2.76. The highest BCUT2D eigenvalue weighted by atomic mass is 32.1. The van der Waals surface area contributed by atoms with Gasteiger partial charge in [-0.1, -0.05) is 42.5 Å². The van der Waals surface area contributed by atoms with Gasteiger partial charge in [0.1, 0.15) is 11.7 Å². The fourth-order valence-corrected chi connectivity index (χ4v) is 5.07. The van der Waals surface area contributed by atoms with Crippen molar-refractivity contribution in [3.63, 3.8) is 0 Å². The fraction of sp³-hybridized carbons (Fsp3) is 0.240. The second kappa shape index (κ2) is 8.17. The van der Waals surface area contributed by atoms with Gasteiger partial charge < -0.3 is 5.32 Å². The van der Waals surface area contributed by atoms with Crippen LogP contribution in [-0.4, -0.2) is 29.1 Å². The predicted octanol–water partition coefficient (Wildman–Crippen LogP) is 6.56. The normalized spacial score (nSPS) is 16.9. The number of anilines is 2. The maximum absolute atomic E-state index is 13.4. The largest absolute Gasteiger partial charge is 0.353 e. The zero-order valence-corrected chi connectivity index (χ0v) is 17.8. The summed E-state index contributed by atoms with van der Waals surface area (Å²) in [6.07, 6.45) is 1.89. The molecule has 1 unspecified atom stereocenters. The highest BCUT2D eigenvalue weighted by Crippen LogP contribution is 2.35. The molecule has 30 heavy (non-hydrogen) atoms.